The maximum atomic E-state index is 13.5. The van der Waals surface area contributed by atoms with Gasteiger partial charge in [-0.15, -0.1) is 0 Å². The summed E-state index contributed by atoms with van der Waals surface area (Å²) in [4.78, 5) is 12.1. The van der Waals surface area contributed by atoms with Gasteiger partial charge in [0.15, 0.2) is 11.5 Å². The average molecular weight is 303 g/mol. The lowest BCUT2D eigenvalue weighted by Gasteiger charge is -2.13. The van der Waals surface area contributed by atoms with Crippen LogP contribution < -0.4 is 14.8 Å². The van der Waals surface area contributed by atoms with E-state index in [-0.39, 0.29) is 18.0 Å². The van der Waals surface area contributed by atoms with Gasteiger partial charge in [0.25, 0.3) is 5.91 Å². The summed E-state index contributed by atoms with van der Waals surface area (Å²) in [6.07, 6.45) is 0. The molecule has 22 heavy (non-hydrogen) atoms. The Morgan fingerprint density at radius 3 is 2.59 bits per heavy atom. The lowest BCUT2D eigenvalue weighted by atomic mass is 10.1. The standard InChI is InChI=1S/C17H18FNO3/c1-11-7-8-12(9-14(11)18)17(20)19-10-13-5-4-6-15(21-2)16(13)22-3/h4-9H,10H2,1-3H3,(H,19,20). The van der Waals surface area contributed by atoms with Crippen LogP contribution in [0.3, 0.4) is 0 Å². The van der Waals surface area contributed by atoms with E-state index in [9.17, 15) is 9.18 Å². The average Bonchev–Trinajstić information content (AvgIpc) is 2.54. The summed E-state index contributed by atoms with van der Waals surface area (Å²) < 4.78 is 24.0. The summed E-state index contributed by atoms with van der Waals surface area (Å²) in [7, 11) is 3.09. The lowest BCUT2D eigenvalue weighted by molar-refractivity contribution is 0.0950. The molecule has 0 spiro atoms. The number of para-hydroxylation sites is 1. The molecule has 0 radical (unpaired) electrons. The fourth-order valence-electron chi connectivity index (χ4n) is 2.10. The molecule has 0 unspecified atom stereocenters. The van der Waals surface area contributed by atoms with Gasteiger partial charge in [-0.2, -0.15) is 0 Å². The fourth-order valence-corrected chi connectivity index (χ4v) is 2.10. The van der Waals surface area contributed by atoms with E-state index in [1.54, 1.807) is 39.3 Å². The predicted octanol–water partition coefficient (Wildman–Crippen LogP) is 3.08. The SMILES string of the molecule is COc1cccc(CNC(=O)c2ccc(C)c(F)c2)c1OC. The molecule has 0 aromatic heterocycles. The number of amides is 1. The summed E-state index contributed by atoms with van der Waals surface area (Å²) >= 11 is 0. The third-order valence-electron chi connectivity index (χ3n) is 3.36. The molecule has 0 aliphatic carbocycles. The second-order valence-electron chi connectivity index (χ2n) is 4.80. The number of nitrogens with one attached hydrogen (secondary N) is 1. The van der Waals surface area contributed by atoms with Gasteiger partial charge in [0.05, 0.1) is 14.2 Å². The molecule has 2 aromatic rings. The first-order chi connectivity index (χ1) is 10.6. The largest absolute Gasteiger partial charge is 0.493 e. The molecule has 5 heteroatoms. The van der Waals surface area contributed by atoms with Gasteiger partial charge in [-0.25, -0.2) is 4.39 Å². The van der Waals surface area contributed by atoms with Crippen LogP contribution in [0, 0.1) is 12.7 Å². The monoisotopic (exact) mass is 303 g/mol. The molecule has 0 aliphatic heterocycles. The first kappa shape index (κ1) is 15.8. The third-order valence-corrected chi connectivity index (χ3v) is 3.36. The van der Waals surface area contributed by atoms with Crippen LogP contribution in [0.25, 0.3) is 0 Å². The van der Waals surface area contributed by atoms with Gasteiger partial charge in [0.1, 0.15) is 5.82 Å². The van der Waals surface area contributed by atoms with Gasteiger partial charge >= 0.3 is 0 Å². The number of halogens is 1. The lowest BCUT2D eigenvalue weighted by Crippen LogP contribution is -2.23. The number of methoxy groups -OCH3 is 2. The van der Waals surface area contributed by atoms with Crippen molar-refractivity contribution in [2.24, 2.45) is 0 Å². The van der Waals surface area contributed by atoms with Crippen LogP contribution in [-0.4, -0.2) is 20.1 Å². The van der Waals surface area contributed by atoms with Gasteiger partial charge < -0.3 is 14.8 Å². The van der Waals surface area contributed by atoms with Crippen molar-refractivity contribution >= 4 is 5.91 Å². The minimum absolute atomic E-state index is 0.259. The first-order valence-corrected chi connectivity index (χ1v) is 6.81. The Morgan fingerprint density at radius 1 is 1.18 bits per heavy atom. The highest BCUT2D eigenvalue weighted by molar-refractivity contribution is 5.94. The summed E-state index contributed by atoms with van der Waals surface area (Å²) in [5.74, 6) is 0.423. The second-order valence-corrected chi connectivity index (χ2v) is 4.80. The van der Waals surface area contributed by atoms with Gasteiger partial charge in [-0.05, 0) is 30.7 Å². The van der Waals surface area contributed by atoms with Crippen molar-refractivity contribution in [2.45, 2.75) is 13.5 Å². The van der Waals surface area contributed by atoms with Crippen molar-refractivity contribution in [3.63, 3.8) is 0 Å². The van der Waals surface area contributed by atoms with Crippen LogP contribution >= 0.6 is 0 Å². The highest BCUT2D eigenvalue weighted by Gasteiger charge is 2.12. The minimum atomic E-state index is -0.397. The van der Waals surface area contributed by atoms with E-state index in [1.165, 1.54) is 6.07 Å². The number of carbonyl (C=O) groups excluding carboxylic acids is 1. The molecule has 0 atom stereocenters. The normalized spacial score (nSPS) is 10.2. The molecule has 0 saturated carbocycles. The zero-order valence-corrected chi connectivity index (χ0v) is 12.8. The molecule has 0 fully saturated rings. The van der Waals surface area contributed by atoms with Gasteiger partial charge in [0.2, 0.25) is 0 Å². The molecular formula is C17H18FNO3. The van der Waals surface area contributed by atoms with E-state index in [4.69, 9.17) is 9.47 Å². The zero-order chi connectivity index (χ0) is 16.1. The number of aryl methyl sites for hydroxylation is 1. The predicted molar refractivity (Wildman–Crippen MR) is 81.9 cm³/mol. The van der Waals surface area contributed by atoms with Crippen molar-refractivity contribution in [3.05, 3.63) is 58.9 Å². The van der Waals surface area contributed by atoms with Crippen molar-refractivity contribution in [1.82, 2.24) is 5.32 Å². The van der Waals surface area contributed by atoms with E-state index in [0.717, 1.165) is 5.56 Å². The number of hydrogen-bond acceptors (Lipinski definition) is 3. The molecule has 2 rings (SSSR count). The Morgan fingerprint density at radius 2 is 1.95 bits per heavy atom. The van der Waals surface area contributed by atoms with Crippen LogP contribution in [0.15, 0.2) is 36.4 Å². The van der Waals surface area contributed by atoms with Crippen LogP contribution in [0.2, 0.25) is 0 Å². The Kier molecular flexibility index (Phi) is 4.99. The molecule has 0 aliphatic rings. The smallest absolute Gasteiger partial charge is 0.251 e. The number of carbonyl (C=O) groups is 1. The highest BCUT2D eigenvalue weighted by Crippen LogP contribution is 2.30. The number of benzene rings is 2. The molecule has 116 valence electrons. The maximum absolute atomic E-state index is 13.5. The Hall–Kier alpha value is -2.56. The molecular weight excluding hydrogens is 285 g/mol. The summed E-state index contributed by atoms with van der Waals surface area (Å²) in [5.41, 5.74) is 1.57. The van der Waals surface area contributed by atoms with E-state index >= 15 is 0 Å². The van der Waals surface area contributed by atoms with Crippen molar-refractivity contribution in [3.8, 4) is 11.5 Å². The topological polar surface area (TPSA) is 47.6 Å². The van der Waals surface area contributed by atoms with E-state index in [0.29, 0.717) is 17.1 Å². The molecule has 1 amide bonds. The Bertz CT molecular complexity index is 686. The number of hydrogen-bond donors (Lipinski definition) is 1. The molecule has 4 nitrogen and oxygen atoms in total. The van der Waals surface area contributed by atoms with Crippen LogP contribution in [0.4, 0.5) is 4.39 Å². The molecule has 1 N–H and O–H groups in total. The van der Waals surface area contributed by atoms with Crippen LogP contribution in [0.5, 0.6) is 11.5 Å². The summed E-state index contributed by atoms with van der Waals surface area (Å²) in [6, 6.07) is 9.83. The van der Waals surface area contributed by atoms with Crippen LogP contribution in [0.1, 0.15) is 21.5 Å². The van der Waals surface area contributed by atoms with Crippen molar-refractivity contribution in [1.29, 1.82) is 0 Å². The molecule has 0 heterocycles. The van der Waals surface area contributed by atoms with Gasteiger partial charge in [-0.3, -0.25) is 4.79 Å². The maximum Gasteiger partial charge on any atom is 0.251 e. The Labute approximate surface area is 128 Å². The Balaban J connectivity index is 2.12. The molecule has 2 aromatic carbocycles. The van der Waals surface area contributed by atoms with Crippen LogP contribution in [-0.2, 0) is 6.54 Å². The molecule has 0 bridgehead atoms. The summed E-state index contributed by atoms with van der Waals surface area (Å²) in [6.45, 7) is 1.91. The highest BCUT2D eigenvalue weighted by atomic mass is 19.1. The number of rotatable bonds is 5. The summed E-state index contributed by atoms with van der Waals surface area (Å²) in [5, 5.41) is 2.75. The third kappa shape index (κ3) is 3.36. The first-order valence-electron chi connectivity index (χ1n) is 6.81. The van der Waals surface area contributed by atoms with Crippen molar-refractivity contribution < 1.29 is 18.7 Å². The minimum Gasteiger partial charge on any atom is -0.493 e. The van der Waals surface area contributed by atoms with Gasteiger partial charge in [0, 0.05) is 17.7 Å². The van der Waals surface area contributed by atoms with E-state index < -0.39 is 5.82 Å². The zero-order valence-electron chi connectivity index (χ0n) is 12.8. The van der Waals surface area contributed by atoms with E-state index in [1.807, 2.05) is 12.1 Å². The second kappa shape index (κ2) is 6.93. The fraction of sp³-hybridized carbons (Fsp3) is 0.235. The molecule has 0 saturated heterocycles. The quantitative estimate of drug-likeness (QED) is 0.923. The van der Waals surface area contributed by atoms with Crippen molar-refractivity contribution in [2.75, 3.05) is 14.2 Å². The van der Waals surface area contributed by atoms with E-state index in [2.05, 4.69) is 5.32 Å². The number of ether oxygens (including phenoxy) is 2. The van der Waals surface area contributed by atoms with Gasteiger partial charge in [-0.1, -0.05) is 18.2 Å².